The van der Waals surface area contributed by atoms with Crippen LogP contribution in [0.15, 0.2) is 38.8 Å². The Bertz CT molecular complexity index is 987. The molecule has 2 heterocycles. The molecule has 0 spiro atoms. The van der Waals surface area contributed by atoms with Crippen LogP contribution in [-0.2, 0) is 14.1 Å². The number of methoxy groups -OCH3 is 1. The molecule has 150 valence electrons. The molecule has 0 amide bonds. The van der Waals surface area contributed by atoms with Gasteiger partial charge in [0.05, 0.1) is 19.7 Å². The van der Waals surface area contributed by atoms with Gasteiger partial charge in [-0.1, -0.05) is 18.2 Å². The van der Waals surface area contributed by atoms with Crippen LogP contribution < -0.4 is 16.0 Å². The normalized spacial score (nSPS) is 16.0. The molecule has 1 N–H and O–H groups in total. The Kier molecular flexibility index (Phi) is 5.99. The van der Waals surface area contributed by atoms with E-state index < -0.39 is 11.2 Å². The number of benzene rings is 1. The zero-order valence-corrected chi connectivity index (χ0v) is 16.5. The van der Waals surface area contributed by atoms with Crippen LogP contribution in [-0.4, -0.2) is 52.1 Å². The second-order valence-corrected chi connectivity index (χ2v) is 6.94. The molecular weight excluding hydrogens is 360 g/mol. The van der Waals surface area contributed by atoms with Crippen LogP contribution in [0, 0.1) is 0 Å². The number of aliphatic imine (C=N–C) groups is 1. The van der Waals surface area contributed by atoms with E-state index in [0.29, 0.717) is 6.54 Å². The fourth-order valence-corrected chi connectivity index (χ4v) is 3.62. The van der Waals surface area contributed by atoms with Gasteiger partial charge in [-0.2, -0.15) is 0 Å². The van der Waals surface area contributed by atoms with E-state index in [0.717, 1.165) is 46.4 Å². The number of likely N-dealkylation sites (tertiary alicyclic amines) is 1. The summed E-state index contributed by atoms with van der Waals surface area (Å²) in [6.07, 6.45) is 3.63. The molecule has 0 saturated carbocycles. The van der Waals surface area contributed by atoms with Gasteiger partial charge in [0.1, 0.15) is 11.3 Å². The predicted molar refractivity (Wildman–Crippen MR) is 108 cm³/mol. The maximum Gasteiger partial charge on any atom is 0.333 e. The molecule has 1 aromatic heterocycles. The fraction of sp³-hybridized carbons (Fsp3) is 0.450. The molecule has 0 unspecified atom stereocenters. The molecule has 0 radical (unpaired) electrons. The van der Waals surface area contributed by atoms with Crippen LogP contribution in [0.3, 0.4) is 0 Å². The van der Waals surface area contributed by atoms with Crippen molar-refractivity contribution in [2.75, 3.05) is 26.7 Å². The molecular formula is C20H26N4O4. The van der Waals surface area contributed by atoms with Crippen molar-refractivity contribution in [1.82, 2.24) is 14.0 Å². The van der Waals surface area contributed by atoms with Crippen LogP contribution in [0.5, 0.6) is 11.6 Å². The van der Waals surface area contributed by atoms with Gasteiger partial charge < -0.3 is 9.84 Å². The third-order valence-corrected chi connectivity index (χ3v) is 5.25. The van der Waals surface area contributed by atoms with E-state index in [-0.39, 0.29) is 17.5 Å². The van der Waals surface area contributed by atoms with Gasteiger partial charge in [0, 0.05) is 25.9 Å². The Morgan fingerprint density at radius 1 is 1.18 bits per heavy atom. The summed E-state index contributed by atoms with van der Waals surface area (Å²) >= 11 is 0. The topological polar surface area (TPSA) is 89.1 Å². The Hall–Kier alpha value is -2.87. The quantitative estimate of drug-likeness (QED) is 0.750. The lowest BCUT2D eigenvalue weighted by molar-refractivity contribution is 0.246. The van der Waals surface area contributed by atoms with Crippen molar-refractivity contribution in [2.24, 2.45) is 19.1 Å². The van der Waals surface area contributed by atoms with Crippen molar-refractivity contribution in [3.8, 4) is 11.6 Å². The van der Waals surface area contributed by atoms with Crippen molar-refractivity contribution in [3.05, 3.63) is 56.2 Å². The minimum atomic E-state index is -0.580. The molecule has 1 atom stereocenters. The average molecular weight is 386 g/mol. The number of rotatable bonds is 6. The Balaban J connectivity index is 1.93. The van der Waals surface area contributed by atoms with Crippen LogP contribution in [0.4, 0.5) is 0 Å². The summed E-state index contributed by atoms with van der Waals surface area (Å²) in [6, 6.07) is 7.86. The van der Waals surface area contributed by atoms with Crippen LogP contribution in [0.25, 0.3) is 0 Å². The van der Waals surface area contributed by atoms with E-state index in [1.807, 2.05) is 24.3 Å². The molecule has 8 heteroatoms. The summed E-state index contributed by atoms with van der Waals surface area (Å²) in [6.45, 7) is 2.36. The Morgan fingerprint density at radius 3 is 2.54 bits per heavy atom. The highest BCUT2D eigenvalue weighted by molar-refractivity contribution is 5.81. The standard InChI is InChI=1S/C20H26N4O4/c1-22-18(25)15(19(26)23(2)20(22)27)12-21-13-16(24-10-6-7-11-24)14-8-4-5-9-17(14)28-3/h4-5,8-9,12,16,25H,6-7,10-11,13H2,1-3H3/t16-/m1/s1. The summed E-state index contributed by atoms with van der Waals surface area (Å²) in [5, 5.41) is 10.2. The van der Waals surface area contributed by atoms with E-state index in [9.17, 15) is 14.7 Å². The van der Waals surface area contributed by atoms with Gasteiger partial charge >= 0.3 is 5.69 Å². The van der Waals surface area contributed by atoms with Gasteiger partial charge in [-0.3, -0.25) is 23.8 Å². The lowest BCUT2D eigenvalue weighted by Gasteiger charge is -2.27. The van der Waals surface area contributed by atoms with E-state index in [1.54, 1.807) is 7.11 Å². The smallest absolute Gasteiger partial charge is 0.333 e. The van der Waals surface area contributed by atoms with Crippen molar-refractivity contribution < 1.29 is 9.84 Å². The largest absolute Gasteiger partial charge is 0.496 e. The molecule has 8 nitrogen and oxygen atoms in total. The Morgan fingerprint density at radius 2 is 1.86 bits per heavy atom. The highest BCUT2D eigenvalue weighted by Gasteiger charge is 2.25. The minimum absolute atomic E-state index is 0.00444. The van der Waals surface area contributed by atoms with E-state index >= 15 is 0 Å². The number of ether oxygens (including phenoxy) is 1. The summed E-state index contributed by atoms with van der Waals surface area (Å²) in [4.78, 5) is 31.0. The number of nitrogens with zero attached hydrogens (tertiary/aromatic N) is 4. The number of hydrogen-bond acceptors (Lipinski definition) is 6. The maximum atomic E-state index is 12.3. The molecule has 3 rings (SSSR count). The molecule has 1 aliphatic heterocycles. The summed E-state index contributed by atoms with van der Waals surface area (Å²) in [5.41, 5.74) is -0.102. The molecule has 1 aliphatic rings. The lowest BCUT2D eigenvalue weighted by Crippen LogP contribution is -2.38. The first-order valence-corrected chi connectivity index (χ1v) is 9.31. The monoisotopic (exact) mass is 386 g/mol. The van der Waals surface area contributed by atoms with Gasteiger partial charge in [0.2, 0.25) is 5.88 Å². The first kappa shape index (κ1) is 19.9. The number of aromatic nitrogens is 2. The van der Waals surface area contributed by atoms with Crippen LogP contribution in [0.1, 0.15) is 30.0 Å². The zero-order chi connectivity index (χ0) is 20.3. The highest BCUT2D eigenvalue weighted by atomic mass is 16.5. The van der Waals surface area contributed by atoms with Gasteiger partial charge in [-0.25, -0.2) is 4.79 Å². The van der Waals surface area contributed by atoms with Gasteiger partial charge in [0.15, 0.2) is 0 Å². The van der Waals surface area contributed by atoms with Crippen LogP contribution >= 0.6 is 0 Å². The first-order valence-electron chi connectivity index (χ1n) is 9.31. The number of hydrogen-bond donors (Lipinski definition) is 1. The van der Waals surface area contributed by atoms with E-state index in [2.05, 4.69) is 9.89 Å². The second kappa shape index (κ2) is 8.43. The van der Waals surface area contributed by atoms with Gasteiger partial charge in [-0.15, -0.1) is 0 Å². The predicted octanol–water partition coefficient (Wildman–Crippen LogP) is 1.05. The average Bonchev–Trinajstić information content (AvgIpc) is 3.25. The van der Waals surface area contributed by atoms with Crippen molar-refractivity contribution in [1.29, 1.82) is 0 Å². The molecule has 1 aromatic carbocycles. The molecule has 0 bridgehead atoms. The SMILES string of the molecule is COc1ccccc1[C@@H](CN=Cc1c(O)n(C)c(=O)n(C)c1=O)N1CCCC1. The molecule has 28 heavy (non-hydrogen) atoms. The van der Waals surface area contributed by atoms with Crippen molar-refractivity contribution in [3.63, 3.8) is 0 Å². The third kappa shape index (κ3) is 3.73. The summed E-state index contributed by atoms with van der Waals surface area (Å²) in [7, 11) is 4.44. The molecule has 0 aliphatic carbocycles. The van der Waals surface area contributed by atoms with E-state index in [1.165, 1.54) is 20.3 Å². The van der Waals surface area contributed by atoms with Crippen molar-refractivity contribution in [2.45, 2.75) is 18.9 Å². The maximum absolute atomic E-state index is 12.3. The van der Waals surface area contributed by atoms with Gasteiger partial charge in [0.25, 0.3) is 5.56 Å². The molecule has 2 aromatic rings. The highest BCUT2D eigenvalue weighted by Crippen LogP contribution is 2.31. The third-order valence-electron chi connectivity index (χ3n) is 5.25. The fourth-order valence-electron chi connectivity index (χ4n) is 3.62. The zero-order valence-electron chi connectivity index (χ0n) is 16.5. The van der Waals surface area contributed by atoms with Crippen LogP contribution in [0.2, 0.25) is 0 Å². The number of aromatic hydroxyl groups is 1. The van der Waals surface area contributed by atoms with Crippen molar-refractivity contribution >= 4 is 6.21 Å². The summed E-state index contributed by atoms with van der Waals surface area (Å²) < 4.78 is 7.51. The molecule has 1 fully saturated rings. The van der Waals surface area contributed by atoms with Gasteiger partial charge in [-0.05, 0) is 32.0 Å². The second-order valence-electron chi connectivity index (χ2n) is 6.94. The molecule has 1 saturated heterocycles. The first-order chi connectivity index (χ1) is 13.5. The Labute approximate surface area is 163 Å². The number of para-hydroxylation sites is 1. The summed E-state index contributed by atoms with van der Waals surface area (Å²) in [5.74, 6) is 0.419. The lowest BCUT2D eigenvalue weighted by atomic mass is 10.0. The van der Waals surface area contributed by atoms with E-state index in [4.69, 9.17) is 4.74 Å². The minimum Gasteiger partial charge on any atom is -0.496 e.